The van der Waals surface area contributed by atoms with Crippen molar-refractivity contribution in [2.45, 2.75) is 69.2 Å². The summed E-state index contributed by atoms with van der Waals surface area (Å²) in [6.07, 6.45) is 3.00. The van der Waals surface area contributed by atoms with E-state index in [0.29, 0.717) is 12.0 Å². The molecule has 3 aliphatic carbocycles. The first-order valence-electron chi connectivity index (χ1n) is 13.9. The molecule has 2 saturated heterocycles. The van der Waals surface area contributed by atoms with Gasteiger partial charge in [-0.3, -0.25) is 4.79 Å². The molecule has 1 amide bonds. The fourth-order valence-electron chi connectivity index (χ4n) is 8.55. The van der Waals surface area contributed by atoms with Crippen LogP contribution in [0.25, 0.3) is 6.08 Å². The molecule has 1 aromatic carbocycles. The van der Waals surface area contributed by atoms with Crippen LogP contribution in [-0.4, -0.2) is 65.8 Å². The second-order valence-electron chi connectivity index (χ2n) is 12.2. The minimum Gasteiger partial charge on any atom is -0.365 e. The number of nitrogens with one attached hydrogen (secondary N) is 1. The Morgan fingerprint density at radius 1 is 1.28 bits per heavy atom. The van der Waals surface area contributed by atoms with Crippen LogP contribution < -0.4 is 5.32 Å². The lowest BCUT2D eigenvalue weighted by Gasteiger charge is -2.62. The first-order valence-corrected chi connectivity index (χ1v) is 13.9. The molecular formula is C31H36F3N2O3+. The van der Waals surface area contributed by atoms with Crippen LogP contribution >= 0.6 is 0 Å². The number of rotatable bonds is 5. The van der Waals surface area contributed by atoms with E-state index in [9.17, 15) is 23.1 Å². The SMILES string of the molecule is C=CC[N+]1(C)CC[C@@]23C4=C5C[C@@H]1[C@@H]2CCC[C@@H]3OC4C(O)(NC(=O)C(=Cc1ccccc1)C(F)(F)F)C=C5C. The highest BCUT2D eigenvalue weighted by atomic mass is 19.4. The highest BCUT2D eigenvalue weighted by molar-refractivity contribution is 5.99. The third-order valence-electron chi connectivity index (χ3n) is 10.2. The van der Waals surface area contributed by atoms with Crippen molar-refractivity contribution in [3.63, 3.8) is 0 Å². The van der Waals surface area contributed by atoms with E-state index in [0.717, 1.165) is 72.5 Å². The molecule has 2 bridgehead atoms. The van der Waals surface area contributed by atoms with Gasteiger partial charge in [0.25, 0.3) is 5.91 Å². The van der Waals surface area contributed by atoms with Crippen LogP contribution in [0.2, 0.25) is 0 Å². The number of piperidine rings is 1. The number of amides is 1. The molecule has 3 unspecified atom stereocenters. The highest BCUT2D eigenvalue weighted by Crippen LogP contribution is 2.67. The summed E-state index contributed by atoms with van der Waals surface area (Å²) in [5, 5.41) is 14.3. The number of ether oxygens (including phenoxy) is 1. The van der Waals surface area contributed by atoms with E-state index in [1.807, 2.05) is 13.0 Å². The van der Waals surface area contributed by atoms with Crippen molar-refractivity contribution in [1.82, 2.24) is 5.32 Å². The minimum absolute atomic E-state index is 0.129. The summed E-state index contributed by atoms with van der Waals surface area (Å²) in [7, 11) is 2.30. The van der Waals surface area contributed by atoms with Crippen molar-refractivity contribution >= 4 is 12.0 Å². The maximum Gasteiger partial charge on any atom is 0.421 e. The molecule has 0 aromatic heterocycles. The van der Waals surface area contributed by atoms with Crippen molar-refractivity contribution in [3.8, 4) is 0 Å². The summed E-state index contributed by atoms with van der Waals surface area (Å²) >= 11 is 0. The maximum absolute atomic E-state index is 14.1. The molecule has 7 atom stereocenters. The molecule has 208 valence electrons. The lowest BCUT2D eigenvalue weighted by molar-refractivity contribution is -0.940. The maximum atomic E-state index is 14.1. The molecule has 8 heteroatoms. The van der Waals surface area contributed by atoms with Crippen LogP contribution in [0.3, 0.4) is 0 Å². The number of hydrogen-bond donors (Lipinski definition) is 2. The fourth-order valence-corrected chi connectivity index (χ4v) is 8.55. The van der Waals surface area contributed by atoms with Crippen LogP contribution in [-0.2, 0) is 9.53 Å². The van der Waals surface area contributed by atoms with Crippen molar-refractivity contribution in [3.05, 3.63) is 76.9 Å². The van der Waals surface area contributed by atoms with Gasteiger partial charge in [-0.05, 0) is 60.3 Å². The lowest BCUT2D eigenvalue weighted by atomic mass is 9.49. The number of hydrogen-bond acceptors (Lipinski definition) is 3. The Morgan fingerprint density at radius 3 is 2.72 bits per heavy atom. The number of nitrogens with zero attached hydrogens (tertiary/aromatic N) is 1. The van der Waals surface area contributed by atoms with Gasteiger partial charge in [-0.25, -0.2) is 0 Å². The first-order chi connectivity index (χ1) is 18.4. The predicted octanol–water partition coefficient (Wildman–Crippen LogP) is 5.06. The fraction of sp³-hybridized carbons (Fsp3) is 0.516. The summed E-state index contributed by atoms with van der Waals surface area (Å²) in [5.41, 5.74) is -0.497. The average molecular weight is 542 g/mol. The van der Waals surface area contributed by atoms with E-state index in [1.165, 1.54) is 18.2 Å². The van der Waals surface area contributed by atoms with E-state index in [4.69, 9.17) is 4.74 Å². The largest absolute Gasteiger partial charge is 0.421 e. The van der Waals surface area contributed by atoms with E-state index < -0.39 is 29.5 Å². The molecule has 3 fully saturated rings. The van der Waals surface area contributed by atoms with Gasteiger partial charge in [0.15, 0.2) is 5.72 Å². The molecule has 39 heavy (non-hydrogen) atoms. The Bertz CT molecular complexity index is 1300. The van der Waals surface area contributed by atoms with Crippen LogP contribution in [0.15, 0.2) is 71.4 Å². The van der Waals surface area contributed by atoms with Crippen molar-refractivity contribution < 1.29 is 32.3 Å². The van der Waals surface area contributed by atoms with Gasteiger partial charge in [0, 0.05) is 24.2 Å². The Hall–Kier alpha value is -2.68. The van der Waals surface area contributed by atoms with Crippen molar-refractivity contribution in [1.29, 1.82) is 0 Å². The number of likely N-dealkylation sites (N-methyl/N-ethyl adjacent to an activating group) is 1. The van der Waals surface area contributed by atoms with Gasteiger partial charge >= 0.3 is 6.18 Å². The van der Waals surface area contributed by atoms with E-state index >= 15 is 0 Å². The van der Waals surface area contributed by atoms with E-state index in [-0.39, 0.29) is 17.1 Å². The number of likely N-dealkylation sites (tertiary alicyclic amines) is 1. The summed E-state index contributed by atoms with van der Waals surface area (Å²) in [4.78, 5) is 13.2. The number of carbonyl (C=O) groups is 1. The van der Waals surface area contributed by atoms with Crippen LogP contribution in [0.4, 0.5) is 13.2 Å². The average Bonchev–Trinajstić information content (AvgIpc) is 3.22. The van der Waals surface area contributed by atoms with Crippen LogP contribution in [0.5, 0.6) is 0 Å². The summed E-state index contributed by atoms with van der Waals surface area (Å²) in [6, 6.07) is 8.29. The topological polar surface area (TPSA) is 58.6 Å². The first kappa shape index (κ1) is 26.5. The number of carbonyl (C=O) groups excluding carboxylic acids is 1. The zero-order valence-corrected chi connectivity index (χ0v) is 22.4. The zero-order chi connectivity index (χ0) is 27.8. The van der Waals surface area contributed by atoms with Gasteiger partial charge < -0.3 is 19.6 Å². The normalized spacial score (nSPS) is 39.1. The predicted molar refractivity (Wildman–Crippen MR) is 142 cm³/mol. The Balaban J connectivity index is 1.40. The zero-order valence-electron chi connectivity index (χ0n) is 22.4. The number of allylic oxidation sites excluding steroid dienone is 1. The molecule has 2 aliphatic heterocycles. The molecule has 5 aliphatic rings. The number of benzene rings is 1. The van der Waals surface area contributed by atoms with Gasteiger partial charge in [0.1, 0.15) is 11.7 Å². The van der Waals surface area contributed by atoms with Crippen molar-refractivity contribution in [2.75, 3.05) is 20.1 Å². The molecule has 6 rings (SSSR count). The molecule has 2 heterocycles. The number of aliphatic hydroxyl groups is 1. The van der Waals surface area contributed by atoms with E-state index in [1.54, 1.807) is 18.2 Å². The van der Waals surface area contributed by atoms with Gasteiger partial charge in [-0.2, -0.15) is 13.2 Å². The number of halogens is 3. The smallest absolute Gasteiger partial charge is 0.365 e. The molecule has 1 aromatic rings. The Kier molecular flexibility index (Phi) is 6.06. The van der Waals surface area contributed by atoms with Gasteiger partial charge in [0.2, 0.25) is 0 Å². The molecule has 1 saturated carbocycles. The van der Waals surface area contributed by atoms with Gasteiger partial charge in [-0.1, -0.05) is 43.3 Å². The lowest BCUT2D eigenvalue weighted by Crippen LogP contribution is -2.69. The second kappa shape index (κ2) is 8.91. The quantitative estimate of drug-likeness (QED) is 0.237. The number of alkyl halides is 3. The van der Waals surface area contributed by atoms with E-state index in [2.05, 4.69) is 18.9 Å². The number of quaternary nitrogens is 1. The molecule has 0 radical (unpaired) electrons. The summed E-state index contributed by atoms with van der Waals surface area (Å²) < 4.78 is 49.7. The summed E-state index contributed by atoms with van der Waals surface area (Å²) in [6.45, 7) is 7.73. The second-order valence-corrected chi connectivity index (χ2v) is 12.2. The van der Waals surface area contributed by atoms with Crippen LogP contribution in [0.1, 0.15) is 44.6 Å². The Labute approximate surface area is 227 Å². The molecule has 2 N–H and O–H groups in total. The molecule has 5 nitrogen and oxygen atoms in total. The van der Waals surface area contributed by atoms with Gasteiger partial charge in [-0.15, -0.1) is 0 Å². The standard InChI is InChI=1S/C31H35F3N2O3/c1-4-14-36(3)15-13-29-22-11-8-12-25(29)39-27-26(29)21(17-24(22)36)19(2)18-30(27,38)35-28(37)23(31(32,33)34)16-20-9-6-5-7-10-20/h4-7,9-10,16,18,22,24-25,27,38H,1,8,11-15,17H2,2-3H3/p+1/t22-,24+,25-,27?,29+,30?,36?/m0/s1. The minimum atomic E-state index is -4.91. The summed E-state index contributed by atoms with van der Waals surface area (Å²) in [5.74, 6) is -1.02. The van der Waals surface area contributed by atoms with Gasteiger partial charge in [0.05, 0.1) is 32.3 Å². The molecule has 1 spiro atoms. The third-order valence-corrected chi connectivity index (χ3v) is 10.2. The van der Waals surface area contributed by atoms with Crippen LogP contribution in [0, 0.1) is 11.3 Å². The molecular weight excluding hydrogens is 505 g/mol. The Morgan fingerprint density at radius 2 is 2.03 bits per heavy atom. The van der Waals surface area contributed by atoms with Crippen molar-refractivity contribution in [2.24, 2.45) is 11.3 Å². The monoisotopic (exact) mass is 541 g/mol. The highest BCUT2D eigenvalue weighted by Gasteiger charge is 2.71. The third kappa shape index (κ3) is 3.90.